The lowest BCUT2D eigenvalue weighted by molar-refractivity contribution is -0.157. The van der Waals surface area contributed by atoms with Crippen LogP contribution in [0.1, 0.15) is 18.9 Å². The van der Waals surface area contributed by atoms with Crippen LogP contribution >= 0.6 is 0 Å². The number of methoxy groups -OCH3 is 1. The highest BCUT2D eigenvalue weighted by Gasteiger charge is 2.36. The summed E-state index contributed by atoms with van der Waals surface area (Å²) >= 11 is 0. The number of rotatable bonds is 7. The van der Waals surface area contributed by atoms with Crippen molar-refractivity contribution in [1.82, 2.24) is 4.90 Å². The van der Waals surface area contributed by atoms with Gasteiger partial charge in [0.2, 0.25) is 5.91 Å². The summed E-state index contributed by atoms with van der Waals surface area (Å²) in [5.41, 5.74) is 1.57. The molecule has 0 radical (unpaired) electrons. The number of anilines is 1. The number of likely N-dealkylation sites (tertiary alicyclic amines) is 1. The van der Waals surface area contributed by atoms with Crippen molar-refractivity contribution in [2.24, 2.45) is 5.92 Å². The number of nitrogens with one attached hydrogen (secondary N) is 1. The molecule has 0 bridgehead atoms. The van der Waals surface area contributed by atoms with Gasteiger partial charge in [-0.1, -0.05) is 30.3 Å². The zero-order chi connectivity index (χ0) is 20.8. The van der Waals surface area contributed by atoms with Crippen molar-refractivity contribution in [3.63, 3.8) is 0 Å². The maximum absolute atomic E-state index is 12.4. The molecule has 0 saturated carbocycles. The van der Waals surface area contributed by atoms with Gasteiger partial charge in [0.1, 0.15) is 5.75 Å². The van der Waals surface area contributed by atoms with Crippen LogP contribution in [0.2, 0.25) is 0 Å². The first kappa shape index (κ1) is 20.4. The van der Waals surface area contributed by atoms with E-state index in [0.29, 0.717) is 24.5 Å². The van der Waals surface area contributed by atoms with Gasteiger partial charge >= 0.3 is 5.97 Å². The number of nitrogens with zero attached hydrogens (tertiary/aromatic N) is 1. The van der Waals surface area contributed by atoms with Gasteiger partial charge in [0.25, 0.3) is 5.91 Å². The molecule has 0 unspecified atom stereocenters. The Labute approximate surface area is 169 Å². The Morgan fingerprint density at radius 1 is 1.14 bits per heavy atom. The van der Waals surface area contributed by atoms with Gasteiger partial charge in [-0.15, -0.1) is 0 Å². The third-order valence-electron chi connectivity index (χ3n) is 4.78. The van der Waals surface area contributed by atoms with Gasteiger partial charge in [0, 0.05) is 25.2 Å². The summed E-state index contributed by atoms with van der Waals surface area (Å²) in [5.74, 6) is -0.956. The lowest BCUT2D eigenvalue weighted by atomic mass is 10.1. The molecule has 3 rings (SSSR count). The van der Waals surface area contributed by atoms with Crippen LogP contribution in [0.15, 0.2) is 54.6 Å². The summed E-state index contributed by atoms with van der Waals surface area (Å²) in [7, 11) is 1.56. The molecule has 0 aromatic heterocycles. The molecule has 152 valence electrons. The zero-order valence-electron chi connectivity index (χ0n) is 16.5. The van der Waals surface area contributed by atoms with Crippen molar-refractivity contribution in [3.05, 3.63) is 60.2 Å². The highest BCUT2D eigenvalue weighted by atomic mass is 16.5. The van der Waals surface area contributed by atoms with Crippen LogP contribution in [0, 0.1) is 5.92 Å². The predicted molar refractivity (Wildman–Crippen MR) is 107 cm³/mol. The highest BCUT2D eigenvalue weighted by Crippen LogP contribution is 2.22. The molecular formula is C22H24N2O5. The number of carbonyl (C=O) groups excluding carboxylic acids is 3. The van der Waals surface area contributed by atoms with Crippen LogP contribution < -0.4 is 10.1 Å². The molecule has 2 aromatic rings. The van der Waals surface area contributed by atoms with Crippen LogP contribution in [0.25, 0.3) is 0 Å². The molecule has 2 amide bonds. The Morgan fingerprint density at radius 2 is 1.83 bits per heavy atom. The minimum atomic E-state index is -0.970. The molecule has 0 aliphatic carbocycles. The van der Waals surface area contributed by atoms with Crippen LogP contribution in [-0.4, -0.2) is 42.4 Å². The Balaban J connectivity index is 1.51. The number of benzene rings is 2. The summed E-state index contributed by atoms with van der Waals surface area (Å²) in [5, 5.41) is 2.69. The molecule has 7 heteroatoms. The molecule has 2 atom stereocenters. The van der Waals surface area contributed by atoms with Crippen molar-refractivity contribution in [1.29, 1.82) is 0 Å². The average molecular weight is 396 g/mol. The highest BCUT2D eigenvalue weighted by molar-refractivity contribution is 5.95. The van der Waals surface area contributed by atoms with Crippen molar-refractivity contribution in [2.45, 2.75) is 26.0 Å². The molecule has 1 aliphatic heterocycles. The van der Waals surface area contributed by atoms with E-state index in [2.05, 4.69) is 5.32 Å². The lowest BCUT2D eigenvalue weighted by Gasteiger charge is -2.18. The number of ether oxygens (including phenoxy) is 2. The minimum Gasteiger partial charge on any atom is -0.497 e. The first-order valence-electron chi connectivity index (χ1n) is 9.43. The molecule has 1 fully saturated rings. The fraction of sp³-hybridized carbons (Fsp3) is 0.318. The monoisotopic (exact) mass is 396 g/mol. The summed E-state index contributed by atoms with van der Waals surface area (Å²) < 4.78 is 10.4. The van der Waals surface area contributed by atoms with E-state index in [0.717, 1.165) is 5.56 Å². The van der Waals surface area contributed by atoms with Gasteiger partial charge in [0.05, 0.1) is 13.0 Å². The second-order valence-electron chi connectivity index (χ2n) is 6.96. The SMILES string of the molecule is COc1ccc(NC(=O)[C@@H](C)OC(=O)[C@@H]2CC(=O)N(Cc3ccccc3)C2)cc1. The summed E-state index contributed by atoms with van der Waals surface area (Å²) in [4.78, 5) is 38.6. The van der Waals surface area contributed by atoms with Crippen molar-refractivity contribution in [2.75, 3.05) is 19.0 Å². The van der Waals surface area contributed by atoms with E-state index < -0.39 is 23.9 Å². The first-order chi connectivity index (χ1) is 14.0. The Bertz CT molecular complexity index is 867. The fourth-order valence-electron chi connectivity index (χ4n) is 3.13. The molecule has 1 heterocycles. The van der Waals surface area contributed by atoms with E-state index in [1.54, 1.807) is 36.3 Å². The van der Waals surface area contributed by atoms with Gasteiger partial charge in [-0.2, -0.15) is 0 Å². The van der Waals surface area contributed by atoms with Gasteiger partial charge in [-0.3, -0.25) is 14.4 Å². The maximum atomic E-state index is 12.4. The second kappa shape index (κ2) is 9.23. The van der Waals surface area contributed by atoms with Crippen LogP contribution in [0.3, 0.4) is 0 Å². The number of esters is 1. The number of hydrogen-bond donors (Lipinski definition) is 1. The maximum Gasteiger partial charge on any atom is 0.312 e. The number of hydrogen-bond acceptors (Lipinski definition) is 5. The van der Waals surface area contributed by atoms with E-state index >= 15 is 0 Å². The molecule has 1 N–H and O–H groups in total. The van der Waals surface area contributed by atoms with E-state index in [1.807, 2.05) is 30.3 Å². The molecule has 1 aliphatic rings. The largest absolute Gasteiger partial charge is 0.497 e. The van der Waals surface area contributed by atoms with Crippen LogP contribution in [0.5, 0.6) is 5.75 Å². The molecule has 0 spiro atoms. The number of carbonyl (C=O) groups is 3. The van der Waals surface area contributed by atoms with Gasteiger partial charge in [-0.05, 0) is 36.8 Å². The minimum absolute atomic E-state index is 0.0915. The quantitative estimate of drug-likeness (QED) is 0.728. The third-order valence-corrected chi connectivity index (χ3v) is 4.78. The van der Waals surface area contributed by atoms with E-state index in [4.69, 9.17) is 9.47 Å². The van der Waals surface area contributed by atoms with Gasteiger partial charge in [-0.25, -0.2) is 0 Å². The topological polar surface area (TPSA) is 84.9 Å². The lowest BCUT2D eigenvalue weighted by Crippen LogP contribution is -2.33. The van der Waals surface area contributed by atoms with Crippen LogP contribution in [-0.2, 0) is 25.7 Å². The normalized spacial score (nSPS) is 17.0. The van der Waals surface area contributed by atoms with Crippen LogP contribution in [0.4, 0.5) is 5.69 Å². The predicted octanol–water partition coefficient (Wildman–Crippen LogP) is 2.61. The van der Waals surface area contributed by atoms with Crippen molar-refractivity contribution < 1.29 is 23.9 Å². The zero-order valence-corrected chi connectivity index (χ0v) is 16.5. The van der Waals surface area contributed by atoms with E-state index in [-0.39, 0.29) is 12.3 Å². The Morgan fingerprint density at radius 3 is 2.48 bits per heavy atom. The van der Waals surface area contributed by atoms with Gasteiger partial charge in [0.15, 0.2) is 6.10 Å². The van der Waals surface area contributed by atoms with E-state index in [1.165, 1.54) is 6.92 Å². The second-order valence-corrected chi connectivity index (χ2v) is 6.96. The van der Waals surface area contributed by atoms with Crippen molar-refractivity contribution >= 4 is 23.5 Å². The Hall–Kier alpha value is -3.35. The smallest absolute Gasteiger partial charge is 0.312 e. The molecule has 7 nitrogen and oxygen atoms in total. The standard InChI is InChI=1S/C22H24N2O5/c1-15(21(26)23-18-8-10-19(28-2)11-9-18)29-22(27)17-12-20(25)24(14-17)13-16-6-4-3-5-7-16/h3-11,15,17H,12-14H2,1-2H3,(H,23,26)/t15-,17-/m1/s1. The van der Waals surface area contributed by atoms with Crippen molar-refractivity contribution in [3.8, 4) is 5.75 Å². The third kappa shape index (κ3) is 5.34. The fourth-order valence-corrected chi connectivity index (χ4v) is 3.13. The molecule has 2 aromatic carbocycles. The average Bonchev–Trinajstić information content (AvgIpc) is 3.09. The summed E-state index contributed by atoms with van der Waals surface area (Å²) in [6.45, 7) is 2.26. The first-order valence-corrected chi connectivity index (χ1v) is 9.43. The van der Waals surface area contributed by atoms with E-state index in [9.17, 15) is 14.4 Å². The summed E-state index contributed by atoms with van der Waals surface area (Å²) in [6, 6.07) is 16.4. The molecular weight excluding hydrogens is 372 g/mol. The van der Waals surface area contributed by atoms with Gasteiger partial charge < -0.3 is 19.7 Å². The molecule has 1 saturated heterocycles. The summed E-state index contributed by atoms with van der Waals surface area (Å²) in [6.07, 6.45) is -0.874. The molecule has 29 heavy (non-hydrogen) atoms. The Kier molecular flexibility index (Phi) is 6.49. The number of amides is 2.